The Kier molecular flexibility index (Phi) is 8.37. The predicted octanol–water partition coefficient (Wildman–Crippen LogP) is 1.79. The first-order chi connectivity index (χ1) is 8.42. The molecule has 0 aliphatic rings. The van der Waals surface area contributed by atoms with Gasteiger partial charge in [0.25, 0.3) is 0 Å². The lowest BCUT2D eigenvalue weighted by molar-refractivity contribution is -0.155. The molecule has 0 spiro atoms. The van der Waals surface area contributed by atoms with Gasteiger partial charge in [0.15, 0.2) is 6.10 Å². The van der Waals surface area contributed by atoms with Gasteiger partial charge in [0.2, 0.25) is 0 Å². The molecule has 0 aliphatic heterocycles. The molecular formula is C13H24O5. The van der Waals surface area contributed by atoms with Gasteiger partial charge in [0, 0.05) is 7.11 Å². The molecule has 3 unspecified atom stereocenters. The van der Waals surface area contributed by atoms with E-state index in [0.717, 1.165) is 0 Å². The van der Waals surface area contributed by atoms with E-state index in [2.05, 4.69) is 0 Å². The van der Waals surface area contributed by atoms with Gasteiger partial charge in [-0.15, -0.1) is 0 Å². The highest BCUT2D eigenvalue weighted by Crippen LogP contribution is 2.14. The summed E-state index contributed by atoms with van der Waals surface area (Å²) >= 11 is 0. The zero-order chi connectivity index (χ0) is 14.1. The van der Waals surface area contributed by atoms with Gasteiger partial charge in [-0.1, -0.05) is 13.8 Å². The summed E-state index contributed by atoms with van der Waals surface area (Å²) in [5.41, 5.74) is 0. The molecule has 18 heavy (non-hydrogen) atoms. The van der Waals surface area contributed by atoms with Crippen molar-refractivity contribution < 1.29 is 23.8 Å². The molecule has 106 valence electrons. The summed E-state index contributed by atoms with van der Waals surface area (Å²) in [5.74, 6) is -0.662. The van der Waals surface area contributed by atoms with Crippen LogP contribution in [0.1, 0.15) is 34.1 Å². The van der Waals surface area contributed by atoms with Crippen LogP contribution in [0.2, 0.25) is 0 Å². The molecule has 0 saturated carbocycles. The van der Waals surface area contributed by atoms with Crippen LogP contribution in [0.4, 0.5) is 0 Å². The summed E-state index contributed by atoms with van der Waals surface area (Å²) < 4.78 is 14.8. The van der Waals surface area contributed by atoms with E-state index in [1.165, 1.54) is 7.11 Å². The van der Waals surface area contributed by atoms with Crippen LogP contribution in [0.25, 0.3) is 0 Å². The van der Waals surface area contributed by atoms with Gasteiger partial charge in [0.1, 0.15) is 0 Å². The Morgan fingerprint density at radius 1 is 1.06 bits per heavy atom. The van der Waals surface area contributed by atoms with Crippen molar-refractivity contribution in [2.45, 2.75) is 40.2 Å². The molecule has 0 N–H and O–H groups in total. The molecule has 0 aliphatic carbocycles. The van der Waals surface area contributed by atoms with Crippen molar-refractivity contribution in [3.05, 3.63) is 0 Å². The minimum Gasteiger partial charge on any atom is -0.466 e. The van der Waals surface area contributed by atoms with E-state index in [4.69, 9.17) is 14.2 Å². The molecule has 3 atom stereocenters. The fourth-order valence-corrected chi connectivity index (χ4v) is 1.49. The third-order valence-electron chi connectivity index (χ3n) is 2.64. The summed E-state index contributed by atoms with van der Waals surface area (Å²) in [6.45, 7) is 7.83. The Hall–Kier alpha value is -1.10. The van der Waals surface area contributed by atoms with Crippen LogP contribution in [0.15, 0.2) is 0 Å². The summed E-state index contributed by atoms with van der Waals surface area (Å²) in [6, 6.07) is 0. The van der Waals surface area contributed by atoms with E-state index >= 15 is 0 Å². The first-order valence-electron chi connectivity index (χ1n) is 6.28. The van der Waals surface area contributed by atoms with Crippen LogP contribution in [0, 0.1) is 11.8 Å². The van der Waals surface area contributed by atoms with Crippen LogP contribution in [-0.4, -0.2) is 38.4 Å². The van der Waals surface area contributed by atoms with E-state index < -0.39 is 6.10 Å². The van der Waals surface area contributed by atoms with E-state index in [0.29, 0.717) is 13.0 Å². The summed E-state index contributed by atoms with van der Waals surface area (Å²) in [6.07, 6.45) is 0.0766. The normalized spacial score (nSPS) is 15.6. The highest BCUT2D eigenvalue weighted by Gasteiger charge is 2.19. The number of hydrogen-bond acceptors (Lipinski definition) is 5. The molecule has 5 nitrogen and oxygen atoms in total. The van der Waals surface area contributed by atoms with E-state index in [-0.39, 0.29) is 30.4 Å². The van der Waals surface area contributed by atoms with E-state index in [1.54, 1.807) is 13.8 Å². The summed E-state index contributed by atoms with van der Waals surface area (Å²) in [4.78, 5) is 22.8. The lowest BCUT2D eigenvalue weighted by Gasteiger charge is -2.17. The topological polar surface area (TPSA) is 61.8 Å². The predicted molar refractivity (Wildman–Crippen MR) is 67.0 cm³/mol. The average molecular weight is 260 g/mol. The van der Waals surface area contributed by atoms with Crippen molar-refractivity contribution in [3.8, 4) is 0 Å². The summed E-state index contributed by atoms with van der Waals surface area (Å²) in [5, 5.41) is 0. The Morgan fingerprint density at radius 2 is 1.67 bits per heavy atom. The van der Waals surface area contributed by atoms with Crippen molar-refractivity contribution in [3.63, 3.8) is 0 Å². The standard InChI is InChI=1S/C13H24O5/c1-6-17-12(14)10(3)7-9(2)8-18-13(15)11(4)16-5/h9-11H,6-8H2,1-5H3. The smallest absolute Gasteiger partial charge is 0.334 e. The number of esters is 2. The fourth-order valence-electron chi connectivity index (χ4n) is 1.49. The van der Waals surface area contributed by atoms with Crippen molar-refractivity contribution in [2.75, 3.05) is 20.3 Å². The Bertz CT molecular complexity index is 264. The Labute approximate surface area is 109 Å². The van der Waals surface area contributed by atoms with Gasteiger partial charge in [-0.2, -0.15) is 0 Å². The summed E-state index contributed by atoms with van der Waals surface area (Å²) in [7, 11) is 1.46. The Morgan fingerprint density at radius 3 is 2.17 bits per heavy atom. The number of ether oxygens (including phenoxy) is 3. The minimum atomic E-state index is -0.556. The van der Waals surface area contributed by atoms with Gasteiger partial charge in [0.05, 0.1) is 19.1 Å². The van der Waals surface area contributed by atoms with E-state index in [9.17, 15) is 9.59 Å². The zero-order valence-corrected chi connectivity index (χ0v) is 11.9. The molecule has 0 amide bonds. The Balaban J connectivity index is 3.93. The van der Waals surface area contributed by atoms with Gasteiger partial charge < -0.3 is 14.2 Å². The van der Waals surface area contributed by atoms with Crippen molar-refractivity contribution >= 4 is 11.9 Å². The quantitative estimate of drug-likeness (QED) is 0.623. The second kappa shape index (κ2) is 8.91. The zero-order valence-electron chi connectivity index (χ0n) is 11.9. The fraction of sp³-hybridized carbons (Fsp3) is 0.846. The van der Waals surface area contributed by atoms with Crippen LogP contribution < -0.4 is 0 Å². The second-order valence-corrected chi connectivity index (χ2v) is 4.50. The first kappa shape index (κ1) is 16.9. The van der Waals surface area contributed by atoms with Crippen LogP contribution >= 0.6 is 0 Å². The second-order valence-electron chi connectivity index (χ2n) is 4.50. The maximum Gasteiger partial charge on any atom is 0.334 e. The van der Waals surface area contributed by atoms with Crippen LogP contribution in [-0.2, 0) is 23.8 Å². The molecule has 5 heteroatoms. The number of carbonyl (C=O) groups is 2. The molecule has 0 aromatic rings. The largest absolute Gasteiger partial charge is 0.466 e. The first-order valence-corrected chi connectivity index (χ1v) is 6.28. The molecule has 0 bridgehead atoms. The number of hydrogen-bond donors (Lipinski definition) is 0. The molecule has 0 saturated heterocycles. The number of rotatable bonds is 8. The van der Waals surface area contributed by atoms with Crippen LogP contribution in [0.5, 0.6) is 0 Å². The SMILES string of the molecule is CCOC(=O)C(C)CC(C)COC(=O)C(C)OC. The molecule has 0 fully saturated rings. The lowest BCUT2D eigenvalue weighted by atomic mass is 9.98. The average Bonchev–Trinajstić information content (AvgIpc) is 2.35. The van der Waals surface area contributed by atoms with E-state index in [1.807, 2.05) is 13.8 Å². The van der Waals surface area contributed by atoms with Crippen LogP contribution in [0.3, 0.4) is 0 Å². The minimum absolute atomic E-state index is 0.109. The lowest BCUT2D eigenvalue weighted by Crippen LogP contribution is -2.25. The third kappa shape index (κ3) is 6.59. The number of methoxy groups -OCH3 is 1. The monoisotopic (exact) mass is 260 g/mol. The number of carbonyl (C=O) groups excluding carboxylic acids is 2. The molecule has 0 radical (unpaired) electrons. The van der Waals surface area contributed by atoms with Gasteiger partial charge in [-0.25, -0.2) is 4.79 Å². The maximum atomic E-state index is 11.4. The maximum absolute atomic E-state index is 11.4. The highest BCUT2D eigenvalue weighted by atomic mass is 16.6. The van der Waals surface area contributed by atoms with Gasteiger partial charge in [-0.3, -0.25) is 4.79 Å². The third-order valence-corrected chi connectivity index (χ3v) is 2.64. The molecule has 0 rings (SSSR count). The molecule has 0 aromatic heterocycles. The molecular weight excluding hydrogens is 236 g/mol. The van der Waals surface area contributed by atoms with Crippen molar-refractivity contribution in [1.29, 1.82) is 0 Å². The van der Waals surface area contributed by atoms with Crippen molar-refractivity contribution in [2.24, 2.45) is 11.8 Å². The van der Waals surface area contributed by atoms with Crippen molar-refractivity contribution in [1.82, 2.24) is 0 Å². The molecule has 0 heterocycles. The van der Waals surface area contributed by atoms with Gasteiger partial charge >= 0.3 is 11.9 Å². The molecule has 0 aromatic carbocycles. The van der Waals surface area contributed by atoms with Gasteiger partial charge in [-0.05, 0) is 26.2 Å². The highest BCUT2D eigenvalue weighted by molar-refractivity contribution is 5.74.